The Morgan fingerprint density at radius 3 is 1.40 bits per heavy atom. The summed E-state index contributed by atoms with van der Waals surface area (Å²) in [5, 5.41) is 8.89. The first-order valence-electron chi connectivity index (χ1n) is 13.2. The Hall–Kier alpha value is -2.52. The first kappa shape index (κ1) is 28.7. The number of hydrogen-bond donors (Lipinski definition) is 0. The Labute approximate surface area is 216 Å². The monoisotopic (exact) mass is 490 g/mol. The fraction of sp³-hybridized carbons (Fsp3) is 0.406. The van der Waals surface area contributed by atoms with Crippen molar-refractivity contribution in [3.8, 4) is 0 Å². The van der Waals surface area contributed by atoms with Crippen LogP contribution in [0.15, 0.2) is 99.6 Å². The van der Waals surface area contributed by atoms with E-state index in [0.29, 0.717) is 0 Å². The van der Waals surface area contributed by atoms with Crippen LogP contribution in [0.5, 0.6) is 0 Å². The molecule has 0 aliphatic rings. The van der Waals surface area contributed by atoms with E-state index in [1.54, 1.807) is 0 Å². The highest BCUT2D eigenvalue weighted by Crippen LogP contribution is 2.31. The molecule has 35 heavy (non-hydrogen) atoms. The van der Waals surface area contributed by atoms with Crippen LogP contribution in [0.4, 0.5) is 0 Å². The lowest BCUT2D eigenvalue weighted by Crippen LogP contribution is -2.16. The van der Waals surface area contributed by atoms with E-state index in [4.69, 9.17) is 9.90 Å². The summed E-state index contributed by atoms with van der Waals surface area (Å²) in [6, 6.07) is 31.3. The molecule has 188 valence electrons. The lowest BCUT2D eigenvalue weighted by Gasteiger charge is -2.09. The number of unbranched alkanes of at least 4 members (excludes halogenated alkanes) is 9. The van der Waals surface area contributed by atoms with Gasteiger partial charge in [-0.2, -0.15) is 0 Å². The number of carbonyl (C=O) groups is 1. The normalized spacial score (nSPS) is 10.6. The van der Waals surface area contributed by atoms with Gasteiger partial charge in [-0.05, 0) is 61.7 Å². The van der Waals surface area contributed by atoms with Crippen LogP contribution in [0, 0.1) is 0 Å². The van der Waals surface area contributed by atoms with Gasteiger partial charge in [-0.1, -0.05) is 113 Å². The number of carboxylic acids is 1. The molecule has 3 rings (SSSR count). The zero-order chi connectivity index (χ0) is 25.1. The molecule has 3 heteroatoms. The molecule has 0 aliphatic carbocycles. The van der Waals surface area contributed by atoms with Crippen LogP contribution < -0.4 is 5.11 Å². The number of rotatable bonds is 14. The molecule has 2 nitrogen and oxygen atoms in total. The van der Waals surface area contributed by atoms with Gasteiger partial charge in [-0.15, -0.1) is 0 Å². The van der Waals surface area contributed by atoms with E-state index < -0.39 is 5.97 Å². The van der Waals surface area contributed by atoms with Gasteiger partial charge in [-0.25, -0.2) is 0 Å². The standard InChI is InChI=1S/C30H39S.C2H4O2/c1-2-3-4-5-6-7-8-9-10-13-18-27-23-25-30(26-24-27)31(28-19-14-11-15-20-28)29-21-16-12-17-22-29;1-2(3)4/h11-12,14-17,19-26H,2-10,13,18H2,1H3;1H3,(H,3,4)/q+1;/p-1. The van der Waals surface area contributed by atoms with Crippen molar-refractivity contribution in [1.29, 1.82) is 0 Å². The van der Waals surface area contributed by atoms with E-state index >= 15 is 0 Å². The smallest absolute Gasteiger partial charge is 0.166 e. The minimum absolute atomic E-state index is 0.0375. The Kier molecular flexibility index (Phi) is 14.6. The highest BCUT2D eigenvalue weighted by molar-refractivity contribution is 7.97. The Balaban J connectivity index is 0.00000100. The van der Waals surface area contributed by atoms with E-state index in [-0.39, 0.29) is 10.9 Å². The highest BCUT2D eigenvalue weighted by Gasteiger charge is 2.27. The largest absolute Gasteiger partial charge is 0.550 e. The Bertz CT molecular complexity index is 879. The molecule has 0 saturated heterocycles. The summed E-state index contributed by atoms with van der Waals surface area (Å²) in [4.78, 5) is 13.1. The first-order chi connectivity index (χ1) is 17.1. The van der Waals surface area contributed by atoms with E-state index in [9.17, 15) is 0 Å². The molecule has 0 aliphatic heterocycles. The molecule has 0 bridgehead atoms. The van der Waals surface area contributed by atoms with Crippen molar-refractivity contribution in [3.63, 3.8) is 0 Å². The molecule has 0 atom stereocenters. The van der Waals surface area contributed by atoms with Crippen LogP contribution in [-0.2, 0) is 22.1 Å². The van der Waals surface area contributed by atoms with Gasteiger partial charge in [0.1, 0.15) is 0 Å². The SMILES string of the molecule is CC(=O)[O-].CCCCCCCCCCCCc1ccc([S+](c2ccccc2)c2ccccc2)cc1. The van der Waals surface area contributed by atoms with Crippen LogP contribution in [-0.4, -0.2) is 5.97 Å². The summed E-state index contributed by atoms with van der Waals surface area (Å²) < 4.78 is 0. The van der Waals surface area contributed by atoms with E-state index in [2.05, 4.69) is 91.9 Å². The number of carbonyl (C=O) groups excluding carboxylic acids is 1. The molecule has 0 aromatic heterocycles. The summed E-state index contributed by atoms with van der Waals surface area (Å²) in [7, 11) is -0.0375. The van der Waals surface area contributed by atoms with E-state index in [1.165, 1.54) is 90.9 Å². The first-order valence-corrected chi connectivity index (χ1v) is 14.4. The number of aliphatic carboxylic acids is 1. The fourth-order valence-corrected chi connectivity index (χ4v) is 6.21. The quantitative estimate of drug-likeness (QED) is 0.170. The van der Waals surface area contributed by atoms with Crippen molar-refractivity contribution in [2.45, 2.75) is 99.2 Å². The third-order valence-electron chi connectivity index (χ3n) is 5.94. The molecule has 0 fully saturated rings. The maximum atomic E-state index is 8.89. The van der Waals surface area contributed by atoms with Crippen molar-refractivity contribution in [2.24, 2.45) is 0 Å². The Morgan fingerprint density at radius 1 is 0.600 bits per heavy atom. The Morgan fingerprint density at radius 2 is 0.971 bits per heavy atom. The maximum absolute atomic E-state index is 8.89. The second-order valence-electron chi connectivity index (χ2n) is 9.00. The summed E-state index contributed by atoms with van der Waals surface area (Å²) in [6.45, 7) is 3.26. The van der Waals surface area contributed by atoms with Gasteiger partial charge in [0, 0.05) is 5.97 Å². The summed E-state index contributed by atoms with van der Waals surface area (Å²) in [5.74, 6) is -1.08. The molecule has 0 saturated carbocycles. The molecule has 0 N–H and O–H groups in total. The number of benzene rings is 3. The van der Waals surface area contributed by atoms with E-state index in [1.807, 2.05) is 0 Å². The molecule has 0 heterocycles. The zero-order valence-electron chi connectivity index (χ0n) is 21.6. The number of carboxylic acid groups (broad SMARTS) is 1. The lowest BCUT2D eigenvalue weighted by molar-refractivity contribution is -0.302. The van der Waals surface area contributed by atoms with Crippen LogP contribution in [0.3, 0.4) is 0 Å². The third-order valence-corrected chi connectivity index (χ3v) is 8.17. The molecule has 0 radical (unpaired) electrons. The number of aryl methyl sites for hydroxylation is 1. The minimum Gasteiger partial charge on any atom is -0.550 e. The average molecular weight is 491 g/mol. The molecular formula is C32H42O2S. The van der Waals surface area contributed by atoms with Gasteiger partial charge in [0.2, 0.25) is 0 Å². The van der Waals surface area contributed by atoms with Crippen LogP contribution in [0.1, 0.15) is 83.6 Å². The second-order valence-corrected chi connectivity index (χ2v) is 11.0. The van der Waals surface area contributed by atoms with Crippen molar-refractivity contribution < 1.29 is 9.90 Å². The molecule has 0 unspecified atom stereocenters. The summed E-state index contributed by atoms with van der Waals surface area (Å²) >= 11 is 0. The van der Waals surface area contributed by atoms with Gasteiger partial charge in [0.05, 0.1) is 10.9 Å². The van der Waals surface area contributed by atoms with Crippen molar-refractivity contribution in [2.75, 3.05) is 0 Å². The molecule has 0 amide bonds. The minimum atomic E-state index is -1.08. The van der Waals surface area contributed by atoms with Gasteiger partial charge in [-0.3, -0.25) is 0 Å². The molecule has 3 aromatic carbocycles. The van der Waals surface area contributed by atoms with Crippen molar-refractivity contribution >= 4 is 16.9 Å². The molecular weight excluding hydrogens is 448 g/mol. The predicted octanol–water partition coefficient (Wildman–Crippen LogP) is 8.00. The second kappa shape index (κ2) is 17.8. The predicted molar refractivity (Wildman–Crippen MR) is 148 cm³/mol. The van der Waals surface area contributed by atoms with E-state index in [0.717, 1.165) is 6.92 Å². The topological polar surface area (TPSA) is 40.1 Å². The van der Waals surface area contributed by atoms with Gasteiger partial charge in [0.25, 0.3) is 0 Å². The van der Waals surface area contributed by atoms with Crippen molar-refractivity contribution in [3.05, 3.63) is 90.5 Å². The van der Waals surface area contributed by atoms with Gasteiger partial charge >= 0.3 is 0 Å². The number of hydrogen-bond acceptors (Lipinski definition) is 2. The van der Waals surface area contributed by atoms with Crippen LogP contribution in [0.2, 0.25) is 0 Å². The fourth-order valence-electron chi connectivity index (χ4n) is 4.13. The summed E-state index contributed by atoms with van der Waals surface area (Å²) in [6.07, 6.45) is 15.2. The highest BCUT2D eigenvalue weighted by atomic mass is 32.2. The van der Waals surface area contributed by atoms with Gasteiger partial charge < -0.3 is 9.90 Å². The summed E-state index contributed by atoms with van der Waals surface area (Å²) in [5.41, 5.74) is 1.48. The third kappa shape index (κ3) is 12.1. The van der Waals surface area contributed by atoms with Gasteiger partial charge in [0.15, 0.2) is 14.7 Å². The lowest BCUT2D eigenvalue weighted by atomic mass is 10.0. The molecule has 0 spiro atoms. The van der Waals surface area contributed by atoms with Crippen LogP contribution in [0.25, 0.3) is 0 Å². The maximum Gasteiger partial charge on any atom is 0.166 e. The molecule has 3 aromatic rings. The average Bonchev–Trinajstić information content (AvgIpc) is 2.87. The van der Waals surface area contributed by atoms with Crippen molar-refractivity contribution in [1.82, 2.24) is 0 Å². The van der Waals surface area contributed by atoms with Crippen LogP contribution >= 0.6 is 0 Å². The zero-order valence-corrected chi connectivity index (χ0v) is 22.4.